The molecule has 0 heterocycles. The maximum atomic E-state index is 13.1. The molecule has 0 bridgehead atoms. The fourth-order valence-electron chi connectivity index (χ4n) is 4.04. The molecule has 0 aliphatic rings. The quantitative estimate of drug-likeness (QED) is 0.632. The molecule has 3 nitrogen and oxygen atoms in total. The zero-order valence-electron chi connectivity index (χ0n) is 18.1. The fraction of sp³-hybridized carbons (Fsp3) is 0.480. The number of carbonyl (C=O) groups excluding carboxylic acids is 1. The van der Waals surface area contributed by atoms with Crippen molar-refractivity contribution in [3.8, 4) is 0 Å². The van der Waals surface area contributed by atoms with E-state index in [0.29, 0.717) is 6.42 Å². The van der Waals surface area contributed by atoms with Crippen LogP contribution in [0.5, 0.6) is 0 Å². The van der Waals surface area contributed by atoms with Gasteiger partial charge in [0, 0.05) is 12.3 Å². The lowest BCUT2D eigenvalue weighted by Crippen LogP contribution is -3.06. The van der Waals surface area contributed by atoms with Crippen LogP contribution < -0.4 is 4.90 Å². The van der Waals surface area contributed by atoms with Crippen LogP contribution in [0.2, 0.25) is 0 Å². The van der Waals surface area contributed by atoms with Gasteiger partial charge in [-0.1, -0.05) is 81.4 Å². The van der Waals surface area contributed by atoms with E-state index in [0.717, 1.165) is 24.9 Å². The molecule has 0 fully saturated rings. The molecular formula is C25H36NO2+. The molecular weight excluding hydrogens is 346 g/mol. The number of hydrogen-bond acceptors (Lipinski definition) is 2. The van der Waals surface area contributed by atoms with E-state index < -0.39 is 5.60 Å². The molecule has 0 amide bonds. The van der Waals surface area contributed by atoms with Crippen molar-refractivity contribution in [2.75, 3.05) is 20.6 Å². The lowest BCUT2D eigenvalue weighted by molar-refractivity contribution is -0.863. The van der Waals surface area contributed by atoms with Gasteiger partial charge >= 0.3 is 5.97 Å². The van der Waals surface area contributed by atoms with E-state index in [1.807, 2.05) is 24.3 Å². The van der Waals surface area contributed by atoms with E-state index in [4.69, 9.17) is 4.74 Å². The van der Waals surface area contributed by atoms with Crippen LogP contribution in [-0.2, 0) is 21.6 Å². The van der Waals surface area contributed by atoms with E-state index >= 15 is 0 Å². The van der Waals surface area contributed by atoms with Crippen molar-refractivity contribution in [3.05, 3.63) is 71.8 Å². The Kier molecular flexibility index (Phi) is 8.25. The highest BCUT2D eigenvalue weighted by Crippen LogP contribution is 2.38. The van der Waals surface area contributed by atoms with Crippen LogP contribution in [-0.4, -0.2) is 26.6 Å². The van der Waals surface area contributed by atoms with Crippen molar-refractivity contribution in [1.82, 2.24) is 0 Å². The van der Waals surface area contributed by atoms with Crippen LogP contribution in [0.3, 0.4) is 0 Å². The van der Waals surface area contributed by atoms with Gasteiger partial charge in [-0.3, -0.25) is 4.79 Å². The highest BCUT2D eigenvalue weighted by molar-refractivity contribution is 5.73. The summed E-state index contributed by atoms with van der Waals surface area (Å²) in [6, 6.07) is 20.7. The normalized spacial score (nSPS) is 14.7. The van der Waals surface area contributed by atoms with Crippen LogP contribution in [0.15, 0.2) is 60.7 Å². The second kappa shape index (κ2) is 10.4. The molecule has 0 radical (unpaired) electrons. The van der Waals surface area contributed by atoms with Crippen LogP contribution >= 0.6 is 0 Å². The van der Waals surface area contributed by atoms with Crippen molar-refractivity contribution in [2.24, 2.45) is 11.8 Å². The average molecular weight is 383 g/mol. The third-order valence-corrected chi connectivity index (χ3v) is 5.68. The summed E-state index contributed by atoms with van der Waals surface area (Å²) in [5.41, 5.74) is 1.58. The van der Waals surface area contributed by atoms with Gasteiger partial charge in [-0.25, -0.2) is 0 Å². The molecule has 2 aromatic carbocycles. The number of rotatable bonds is 10. The summed E-state index contributed by atoms with van der Waals surface area (Å²) < 4.78 is 6.48. The molecule has 0 aliphatic carbocycles. The summed E-state index contributed by atoms with van der Waals surface area (Å²) in [5, 5.41) is 0. The maximum Gasteiger partial charge on any atom is 0.309 e. The third kappa shape index (κ3) is 5.45. The number of quaternary nitrogens is 1. The number of hydrogen-bond donors (Lipinski definition) is 1. The minimum Gasteiger partial charge on any atom is -0.453 e. The summed E-state index contributed by atoms with van der Waals surface area (Å²) in [4.78, 5) is 14.5. The Hall–Kier alpha value is -2.13. The van der Waals surface area contributed by atoms with Gasteiger partial charge in [-0.2, -0.15) is 0 Å². The third-order valence-electron chi connectivity index (χ3n) is 5.68. The Balaban J connectivity index is 2.55. The molecule has 2 rings (SSSR count). The predicted molar refractivity (Wildman–Crippen MR) is 115 cm³/mol. The highest BCUT2D eigenvalue weighted by Gasteiger charge is 2.44. The van der Waals surface area contributed by atoms with Gasteiger partial charge in [0.1, 0.15) is 5.60 Å². The zero-order chi connectivity index (χ0) is 20.6. The van der Waals surface area contributed by atoms with Gasteiger partial charge < -0.3 is 9.64 Å². The second-order valence-corrected chi connectivity index (χ2v) is 8.16. The van der Waals surface area contributed by atoms with Crippen molar-refractivity contribution in [2.45, 2.75) is 45.6 Å². The first-order chi connectivity index (χ1) is 13.4. The number of nitrogens with one attached hydrogen (secondary N) is 1. The number of benzene rings is 2. The summed E-state index contributed by atoms with van der Waals surface area (Å²) in [6.45, 7) is 7.25. The SMILES string of the molecule is CCC(CC)C(=O)O[C@@](Cc1ccccc1)(c1ccccc1)[C@@H](C)C[NH+](C)C. The molecule has 0 spiro atoms. The molecule has 0 saturated heterocycles. The lowest BCUT2D eigenvalue weighted by atomic mass is 9.77. The average Bonchev–Trinajstić information content (AvgIpc) is 2.69. The van der Waals surface area contributed by atoms with Crippen LogP contribution in [0.25, 0.3) is 0 Å². The van der Waals surface area contributed by atoms with Gasteiger partial charge in [0.2, 0.25) is 0 Å². The van der Waals surface area contributed by atoms with Gasteiger partial charge in [0.25, 0.3) is 0 Å². The second-order valence-electron chi connectivity index (χ2n) is 8.16. The van der Waals surface area contributed by atoms with Gasteiger partial charge in [0.05, 0.1) is 26.6 Å². The minimum absolute atomic E-state index is 0.0576. The van der Waals surface area contributed by atoms with Crippen molar-refractivity contribution in [3.63, 3.8) is 0 Å². The Morgan fingerprint density at radius 2 is 1.50 bits per heavy atom. The van der Waals surface area contributed by atoms with Gasteiger partial charge in [0.15, 0.2) is 0 Å². The van der Waals surface area contributed by atoms with Crippen LogP contribution in [0.1, 0.15) is 44.7 Å². The number of carbonyl (C=O) groups is 1. The van der Waals surface area contributed by atoms with Crippen molar-refractivity contribution in [1.29, 1.82) is 0 Å². The lowest BCUT2D eigenvalue weighted by Gasteiger charge is -2.40. The Labute approximate surface area is 170 Å². The standard InChI is InChI=1S/C25H35NO2/c1-6-22(7-2)24(27)28-25(20(3)19-26(4)5,23-16-12-9-13-17-23)18-21-14-10-8-11-15-21/h8-17,20,22H,6-7,18-19H2,1-5H3/p+1/t20-,25+/m0/s1. The molecule has 2 atom stereocenters. The van der Waals surface area contributed by atoms with E-state index in [2.05, 4.69) is 71.3 Å². The van der Waals surface area contributed by atoms with Crippen LogP contribution in [0.4, 0.5) is 0 Å². The first-order valence-electron chi connectivity index (χ1n) is 10.5. The molecule has 0 aromatic heterocycles. The monoisotopic (exact) mass is 382 g/mol. The minimum atomic E-state index is -0.681. The number of ether oxygens (including phenoxy) is 1. The molecule has 28 heavy (non-hydrogen) atoms. The first-order valence-corrected chi connectivity index (χ1v) is 10.5. The molecule has 152 valence electrons. The Morgan fingerprint density at radius 1 is 0.964 bits per heavy atom. The molecule has 0 aliphatic heterocycles. The van der Waals surface area contributed by atoms with Gasteiger partial charge in [-0.05, 0) is 24.0 Å². The van der Waals surface area contributed by atoms with Gasteiger partial charge in [-0.15, -0.1) is 0 Å². The Bertz CT molecular complexity index is 710. The summed E-state index contributed by atoms with van der Waals surface area (Å²) >= 11 is 0. The number of esters is 1. The molecule has 3 heteroatoms. The summed E-state index contributed by atoms with van der Waals surface area (Å²) in [7, 11) is 4.30. The van der Waals surface area contributed by atoms with E-state index in [1.165, 1.54) is 10.5 Å². The molecule has 2 aromatic rings. The van der Waals surface area contributed by atoms with E-state index in [1.54, 1.807) is 0 Å². The first kappa shape index (κ1) is 22.2. The zero-order valence-corrected chi connectivity index (χ0v) is 18.1. The van der Waals surface area contributed by atoms with Crippen molar-refractivity contribution < 1.29 is 14.4 Å². The fourth-order valence-corrected chi connectivity index (χ4v) is 4.04. The summed E-state index contributed by atoms with van der Waals surface area (Å²) in [5.74, 6) is 0.0292. The topological polar surface area (TPSA) is 30.7 Å². The molecule has 1 N–H and O–H groups in total. The van der Waals surface area contributed by atoms with Crippen molar-refractivity contribution >= 4 is 5.97 Å². The molecule has 0 unspecified atom stereocenters. The smallest absolute Gasteiger partial charge is 0.309 e. The predicted octanol–water partition coefficient (Wildman–Crippen LogP) is 3.88. The maximum absolute atomic E-state index is 13.1. The summed E-state index contributed by atoms with van der Waals surface area (Å²) in [6.07, 6.45) is 2.29. The van der Waals surface area contributed by atoms with Crippen LogP contribution in [0, 0.1) is 11.8 Å². The van der Waals surface area contributed by atoms with E-state index in [9.17, 15) is 4.79 Å². The largest absolute Gasteiger partial charge is 0.453 e. The highest BCUT2D eigenvalue weighted by atomic mass is 16.6. The van der Waals surface area contributed by atoms with E-state index in [-0.39, 0.29) is 17.8 Å². The molecule has 0 saturated carbocycles. The Morgan fingerprint density at radius 3 is 2.00 bits per heavy atom.